The molecule has 0 aliphatic rings. The maximum absolute atomic E-state index is 5.46. The van der Waals surface area contributed by atoms with Crippen LogP contribution in [0.15, 0.2) is 30.6 Å². The van der Waals surface area contributed by atoms with Crippen molar-refractivity contribution in [1.29, 1.82) is 0 Å². The number of nitrogens with one attached hydrogen (secondary N) is 1. The van der Waals surface area contributed by atoms with E-state index >= 15 is 0 Å². The number of benzene rings is 1. The molecule has 0 spiro atoms. The number of hydrogen-bond acceptors (Lipinski definition) is 3. The Kier molecular flexibility index (Phi) is 5.39. The van der Waals surface area contributed by atoms with Crippen molar-refractivity contribution < 1.29 is 4.74 Å². The molecule has 1 aromatic heterocycles. The molecule has 0 fully saturated rings. The van der Waals surface area contributed by atoms with Gasteiger partial charge in [-0.15, -0.1) is 0 Å². The summed E-state index contributed by atoms with van der Waals surface area (Å²) in [5, 5.41) is 3.59. The summed E-state index contributed by atoms with van der Waals surface area (Å²) in [6.07, 6.45) is 4.98. The van der Waals surface area contributed by atoms with Crippen LogP contribution in [0, 0.1) is 6.92 Å². The molecule has 0 aliphatic carbocycles. The summed E-state index contributed by atoms with van der Waals surface area (Å²) < 4.78 is 7.64. The molecular formula is C17H25N3O. The average Bonchev–Trinajstić information content (AvgIpc) is 2.97. The lowest BCUT2D eigenvalue weighted by Crippen LogP contribution is -2.26. The Labute approximate surface area is 127 Å². The van der Waals surface area contributed by atoms with Gasteiger partial charge in [-0.25, -0.2) is 4.98 Å². The van der Waals surface area contributed by atoms with E-state index < -0.39 is 0 Å². The van der Waals surface area contributed by atoms with Crippen molar-refractivity contribution in [2.45, 2.75) is 39.8 Å². The van der Waals surface area contributed by atoms with Crippen LogP contribution in [0.25, 0.3) is 0 Å². The van der Waals surface area contributed by atoms with Crippen molar-refractivity contribution in [3.63, 3.8) is 0 Å². The number of aromatic nitrogens is 2. The molecule has 0 aliphatic heterocycles. The number of aryl methyl sites for hydroxylation is 2. The predicted octanol–water partition coefficient (Wildman–Crippen LogP) is 3.31. The Hall–Kier alpha value is -1.81. The predicted molar refractivity (Wildman–Crippen MR) is 85.8 cm³/mol. The Morgan fingerprint density at radius 2 is 2.14 bits per heavy atom. The van der Waals surface area contributed by atoms with Gasteiger partial charge in [-0.3, -0.25) is 0 Å². The van der Waals surface area contributed by atoms with Crippen molar-refractivity contribution >= 4 is 0 Å². The summed E-state index contributed by atoms with van der Waals surface area (Å²) in [6.45, 7) is 8.24. The van der Waals surface area contributed by atoms with Crippen molar-refractivity contribution in [2.24, 2.45) is 0 Å². The summed E-state index contributed by atoms with van der Waals surface area (Å²) in [7, 11) is 1.72. The monoisotopic (exact) mass is 287 g/mol. The fourth-order valence-corrected chi connectivity index (χ4v) is 2.51. The largest absolute Gasteiger partial charge is 0.496 e. The second-order valence-electron chi connectivity index (χ2n) is 5.19. The first-order valence-corrected chi connectivity index (χ1v) is 7.60. The van der Waals surface area contributed by atoms with Gasteiger partial charge in [-0.05, 0) is 44.0 Å². The minimum atomic E-state index is 0.0920. The van der Waals surface area contributed by atoms with E-state index in [-0.39, 0.29) is 6.04 Å². The molecule has 2 aromatic rings. The number of imidazole rings is 1. The Morgan fingerprint density at radius 1 is 1.33 bits per heavy atom. The Bertz CT molecular complexity index is 577. The van der Waals surface area contributed by atoms with Crippen molar-refractivity contribution in [3.05, 3.63) is 47.5 Å². The molecular weight excluding hydrogens is 262 g/mol. The van der Waals surface area contributed by atoms with E-state index in [0.717, 1.165) is 36.6 Å². The summed E-state index contributed by atoms with van der Waals surface area (Å²) >= 11 is 0. The van der Waals surface area contributed by atoms with Gasteiger partial charge in [0.2, 0.25) is 0 Å². The van der Waals surface area contributed by atoms with E-state index in [0.29, 0.717) is 0 Å². The van der Waals surface area contributed by atoms with Gasteiger partial charge in [0.05, 0.1) is 13.2 Å². The van der Waals surface area contributed by atoms with Gasteiger partial charge < -0.3 is 14.6 Å². The number of hydrogen-bond donors (Lipinski definition) is 1. The molecule has 0 saturated heterocycles. The van der Waals surface area contributed by atoms with Crippen LogP contribution in [-0.2, 0) is 6.54 Å². The smallest absolute Gasteiger partial charge is 0.130 e. The Balaban J connectivity index is 2.40. The van der Waals surface area contributed by atoms with E-state index in [1.54, 1.807) is 7.11 Å². The first-order chi connectivity index (χ1) is 10.2. The van der Waals surface area contributed by atoms with Crippen molar-refractivity contribution in [1.82, 2.24) is 14.9 Å². The van der Waals surface area contributed by atoms with Crippen LogP contribution in [0.2, 0.25) is 0 Å². The van der Waals surface area contributed by atoms with E-state index in [9.17, 15) is 0 Å². The minimum absolute atomic E-state index is 0.0920. The van der Waals surface area contributed by atoms with Crippen LogP contribution in [0.5, 0.6) is 5.75 Å². The fourth-order valence-electron chi connectivity index (χ4n) is 2.51. The number of nitrogens with zero attached hydrogens (tertiary/aromatic N) is 2. The van der Waals surface area contributed by atoms with Crippen molar-refractivity contribution in [3.8, 4) is 5.75 Å². The molecule has 1 heterocycles. The zero-order valence-corrected chi connectivity index (χ0v) is 13.4. The third kappa shape index (κ3) is 3.45. The van der Waals surface area contributed by atoms with Gasteiger partial charge in [0, 0.05) is 18.9 Å². The maximum Gasteiger partial charge on any atom is 0.130 e. The van der Waals surface area contributed by atoms with E-state index in [1.807, 2.05) is 12.4 Å². The maximum atomic E-state index is 5.46. The molecule has 0 radical (unpaired) electrons. The molecule has 1 N–H and O–H groups in total. The molecule has 114 valence electrons. The third-order valence-corrected chi connectivity index (χ3v) is 3.71. The Morgan fingerprint density at radius 3 is 2.81 bits per heavy atom. The SMILES string of the molecule is CCCNC(c1ccc(C)c(OC)c1)c1nccn1CC. The van der Waals surface area contributed by atoms with Gasteiger partial charge >= 0.3 is 0 Å². The lowest BCUT2D eigenvalue weighted by molar-refractivity contribution is 0.410. The molecule has 21 heavy (non-hydrogen) atoms. The van der Waals surface area contributed by atoms with Crippen LogP contribution >= 0.6 is 0 Å². The van der Waals surface area contributed by atoms with Crippen LogP contribution in [0.4, 0.5) is 0 Å². The second-order valence-corrected chi connectivity index (χ2v) is 5.19. The van der Waals surface area contributed by atoms with E-state index in [4.69, 9.17) is 4.74 Å². The molecule has 4 nitrogen and oxygen atoms in total. The topological polar surface area (TPSA) is 39.1 Å². The summed E-state index contributed by atoms with van der Waals surface area (Å²) in [5.74, 6) is 1.97. The molecule has 1 aromatic carbocycles. The number of rotatable bonds is 7. The first-order valence-electron chi connectivity index (χ1n) is 7.60. The first kappa shape index (κ1) is 15.6. The highest BCUT2D eigenvalue weighted by molar-refractivity contribution is 5.39. The zero-order chi connectivity index (χ0) is 15.2. The van der Waals surface area contributed by atoms with Crippen molar-refractivity contribution in [2.75, 3.05) is 13.7 Å². The molecule has 4 heteroatoms. The highest BCUT2D eigenvalue weighted by atomic mass is 16.5. The van der Waals surface area contributed by atoms with E-state index in [1.165, 1.54) is 5.56 Å². The highest BCUT2D eigenvalue weighted by Crippen LogP contribution is 2.27. The summed E-state index contributed by atoms with van der Waals surface area (Å²) in [6, 6.07) is 6.46. The standard InChI is InChI=1S/C17H25N3O/c1-5-9-18-16(17-19-10-11-20(17)6-2)14-8-7-13(3)15(12-14)21-4/h7-8,10-12,16,18H,5-6,9H2,1-4H3. The van der Waals surface area contributed by atoms with Gasteiger partial charge in [0.25, 0.3) is 0 Å². The van der Waals surface area contributed by atoms with Gasteiger partial charge in [-0.1, -0.05) is 19.1 Å². The highest BCUT2D eigenvalue weighted by Gasteiger charge is 2.19. The van der Waals surface area contributed by atoms with Crippen LogP contribution in [0.3, 0.4) is 0 Å². The van der Waals surface area contributed by atoms with Gasteiger partial charge in [-0.2, -0.15) is 0 Å². The third-order valence-electron chi connectivity index (χ3n) is 3.71. The van der Waals surface area contributed by atoms with Gasteiger partial charge in [0.15, 0.2) is 0 Å². The summed E-state index contributed by atoms with van der Waals surface area (Å²) in [5.41, 5.74) is 2.33. The zero-order valence-electron chi connectivity index (χ0n) is 13.4. The molecule has 2 rings (SSSR count). The molecule has 0 amide bonds. The fraction of sp³-hybridized carbons (Fsp3) is 0.471. The van der Waals surface area contributed by atoms with E-state index in [2.05, 4.69) is 53.8 Å². The minimum Gasteiger partial charge on any atom is -0.496 e. The second kappa shape index (κ2) is 7.27. The quantitative estimate of drug-likeness (QED) is 0.849. The molecule has 1 unspecified atom stereocenters. The molecule has 0 bridgehead atoms. The normalized spacial score (nSPS) is 12.4. The lowest BCUT2D eigenvalue weighted by Gasteiger charge is -2.20. The number of methoxy groups -OCH3 is 1. The van der Waals surface area contributed by atoms with Crippen LogP contribution in [0.1, 0.15) is 43.3 Å². The molecule has 0 saturated carbocycles. The van der Waals surface area contributed by atoms with Crippen LogP contribution < -0.4 is 10.1 Å². The lowest BCUT2D eigenvalue weighted by atomic mass is 10.0. The summed E-state index contributed by atoms with van der Waals surface area (Å²) in [4.78, 5) is 4.55. The average molecular weight is 287 g/mol. The number of ether oxygens (including phenoxy) is 1. The van der Waals surface area contributed by atoms with Crippen LogP contribution in [-0.4, -0.2) is 23.2 Å². The molecule has 1 atom stereocenters. The van der Waals surface area contributed by atoms with Gasteiger partial charge in [0.1, 0.15) is 11.6 Å².